The van der Waals surface area contributed by atoms with Crippen molar-refractivity contribution in [3.63, 3.8) is 0 Å². The van der Waals surface area contributed by atoms with Crippen LogP contribution in [0.3, 0.4) is 0 Å². The summed E-state index contributed by atoms with van der Waals surface area (Å²) >= 11 is 0. The Morgan fingerprint density at radius 2 is 1.75 bits per heavy atom. The van der Waals surface area contributed by atoms with Crippen molar-refractivity contribution in [3.8, 4) is 0 Å². The zero-order valence-electron chi connectivity index (χ0n) is 5.10. The van der Waals surface area contributed by atoms with Crippen molar-refractivity contribution < 1.29 is 4.39 Å². The van der Waals surface area contributed by atoms with E-state index in [4.69, 9.17) is 0 Å². The van der Waals surface area contributed by atoms with Crippen LogP contribution < -0.4 is 0 Å². The lowest BCUT2D eigenvalue weighted by atomic mass is 10.1. The number of rotatable bonds is 0. The van der Waals surface area contributed by atoms with Crippen LogP contribution >= 0.6 is 0 Å². The van der Waals surface area contributed by atoms with E-state index in [9.17, 15) is 4.39 Å². The second kappa shape index (κ2) is 1.26. The highest BCUT2D eigenvalue weighted by atomic mass is 19.1. The molecular weight excluding hydrogens is 103 g/mol. The van der Waals surface area contributed by atoms with E-state index in [1.807, 2.05) is 0 Å². The molecular formula is C7H11F. The molecule has 0 saturated heterocycles. The molecule has 0 amide bonds. The summed E-state index contributed by atoms with van der Waals surface area (Å²) in [6, 6.07) is 0. The molecule has 0 N–H and O–H groups in total. The van der Waals surface area contributed by atoms with Crippen LogP contribution in [0.25, 0.3) is 0 Å². The fraction of sp³-hybridized carbons (Fsp3) is 1.00. The summed E-state index contributed by atoms with van der Waals surface area (Å²) in [7, 11) is 0. The van der Waals surface area contributed by atoms with Gasteiger partial charge in [-0.1, -0.05) is 6.92 Å². The molecule has 46 valence electrons. The molecule has 0 unspecified atom stereocenters. The maximum atomic E-state index is 12.4. The zero-order valence-corrected chi connectivity index (χ0v) is 5.10. The molecule has 2 aliphatic carbocycles. The maximum Gasteiger partial charge on any atom is 0.101 e. The third kappa shape index (κ3) is 0.448. The topological polar surface area (TPSA) is 0 Å². The van der Waals surface area contributed by atoms with Crippen LogP contribution in [-0.4, -0.2) is 6.17 Å². The van der Waals surface area contributed by atoms with E-state index in [1.54, 1.807) is 0 Å². The second-order valence-electron chi connectivity index (χ2n) is 3.26. The Morgan fingerprint density at radius 1 is 1.25 bits per heavy atom. The fourth-order valence-corrected chi connectivity index (χ4v) is 2.10. The molecule has 4 atom stereocenters. The number of hydrogen-bond acceptors (Lipinski definition) is 0. The summed E-state index contributed by atoms with van der Waals surface area (Å²) in [5.74, 6) is 2.43. The summed E-state index contributed by atoms with van der Waals surface area (Å²) in [4.78, 5) is 0. The van der Waals surface area contributed by atoms with Crippen LogP contribution in [-0.2, 0) is 0 Å². The Morgan fingerprint density at radius 3 is 2.12 bits per heavy atom. The zero-order chi connectivity index (χ0) is 5.72. The first-order valence-electron chi connectivity index (χ1n) is 3.43. The molecule has 0 aromatic carbocycles. The third-order valence-corrected chi connectivity index (χ3v) is 2.82. The van der Waals surface area contributed by atoms with Gasteiger partial charge in [-0.3, -0.25) is 0 Å². The smallest absolute Gasteiger partial charge is 0.101 e. The van der Waals surface area contributed by atoms with Crippen molar-refractivity contribution in [1.29, 1.82) is 0 Å². The normalized spacial score (nSPS) is 60.8. The Balaban J connectivity index is 2.00. The first-order chi connectivity index (χ1) is 3.79. The molecule has 0 heterocycles. The van der Waals surface area contributed by atoms with Crippen molar-refractivity contribution in [3.05, 3.63) is 0 Å². The minimum atomic E-state index is -0.443. The summed E-state index contributed by atoms with van der Waals surface area (Å²) in [5, 5.41) is 0. The van der Waals surface area contributed by atoms with E-state index < -0.39 is 6.17 Å². The number of fused-ring (bicyclic) bond motifs is 1. The van der Waals surface area contributed by atoms with Gasteiger partial charge in [-0.05, 0) is 30.6 Å². The number of halogens is 1. The van der Waals surface area contributed by atoms with Gasteiger partial charge in [0.15, 0.2) is 0 Å². The highest BCUT2D eigenvalue weighted by Gasteiger charge is 2.53. The van der Waals surface area contributed by atoms with Gasteiger partial charge in [-0.2, -0.15) is 0 Å². The summed E-state index contributed by atoms with van der Waals surface area (Å²) < 4.78 is 12.4. The predicted molar refractivity (Wildman–Crippen MR) is 30.3 cm³/mol. The Bertz CT molecular complexity index is 99.0. The molecule has 0 radical (unpaired) electrons. The lowest BCUT2D eigenvalue weighted by Crippen LogP contribution is -1.96. The van der Waals surface area contributed by atoms with E-state index in [0.29, 0.717) is 0 Å². The van der Waals surface area contributed by atoms with Gasteiger partial charge >= 0.3 is 0 Å². The Kier molecular flexibility index (Phi) is 0.750. The molecule has 2 aliphatic rings. The lowest BCUT2D eigenvalue weighted by molar-refractivity contribution is 0.303. The summed E-state index contributed by atoms with van der Waals surface area (Å²) in [6.07, 6.45) is 1.29. The standard InChI is InChI=1S/C7H11F/c1-4-6-2-5(8)3-7(4)6/h4-7H,2-3H2,1H3/t4-,5+,6-,7+. The molecule has 0 nitrogen and oxygen atoms in total. The van der Waals surface area contributed by atoms with E-state index in [2.05, 4.69) is 6.92 Å². The molecule has 2 fully saturated rings. The molecule has 2 rings (SSSR count). The minimum absolute atomic E-state index is 0.443. The van der Waals surface area contributed by atoms with Gasteiger partial charge in [0, 0.05) is 0 Å². The average molecular weight is 114 g/mol. The molecule has 1 heteroatoms. The van der Waals surface area contributed by atoms with Crippen LogP contribution in [0.1, 0.15) is 19.8 Å². The van der Waals surface area contributed by atoms with Crippen molar-refractivity contribution in [2.24, 2.45) is 17.8 Å². The van der Waals surface area contributed by atoms with Crippen molar-refractivity contribution in [2.45, 2.75) is 25.9 Å². The summed E-state index contributed by atoms with van der Waals surface area (Å²) in [5.41, 5.74) is 0. The fourth-order valence-electron chi connectivity index (χ4n) is 2.10. The molecule has 8 heavy (non-hydrogen) atoms. The van der Waals surface area contributed by atoms with E-state index in [0.717, 1.165) is 30.6 Å². The average Bonchev–Trinajstić information content (AvgIpc) is 2.29. The van der Waals surface area contributed by atoms with Gasteiger partial charge in [-0.15, -0.1) is 0 Å². The van der Waals surface area contributed by atoms with Gasteiger partial charge in [0.05, 0.1) is 0 Å². The molecule has 0 aromatic heterocycles. The van der Waals surface area contributed by atoms with Crippen LogP contribution in [0.5, 0.6) is 0 Å². The Hall–Kier alpha value is -0.0700. The number of hydrogen-bond donors (Lipinski definition) is 0. The van der Waals surface area contributed by atoms with Crippen LogP contribution in [0, 0.1) is 17.8 Å². The molecule has 0 aromatic rings. The molecule has 0 bridgehead atoms. The molecule has 0 spiro atoms. The highest BCUT2D eigenvalue weighted by Crippen LogP contribution is 2.57. The lowest BCUT2D eigenvalue weighted by Gasteiger charge is -1.98. The van der Waals surface area contributed by atoms with Gasteiger partial charge in [0.1, 0.15) is 6.17 Å². The minimum Gasteiger partial charge on any atom is -0.247 e. The SMILES string of the molecule is C[C@@H]1[C@H]2C[C@H](F)C[C@@H]12. The highest BCUT2D eigenvalue weighted by molar-refractivity contribution is 5.01. The first kappa shape index (κ1) is 4.78. The van der Waals surface area contributed by atoms with Crippen LogP contribution in [0.2, 0.25) is 0 Å². The van der Waals surface area contributed by atoms with Crippen molar-refractivity contribution in [2.75, 3.05) is 0 Å². The van der Waals surface area contributed by atoms with Crippen LogP contribution in [0.4, 0.5) is 4.39 Å². The quantitative estimate of drug-likeness (QED) is 0.452. The molecule has 2 saturated carbocycles. The van der Waals surface area contributed by atoms with Crippen LogP contribution in [0.15, 0.2) is 0 Å². The third-order valence-electron chi connectivity index (χ3n) is 2.82. The summed E-state index contributed by atoms with van der Waals surface area (Å²) in [6.45, 7) is 2.24. The van der Waals surface area contributed by atoms with E-state index in [-0.39, 0.29) is 0 Å². The second-order valence-corrected chi connectivity index (χ2v) is 3.26. The first-order valence-corrected chi connectivity index (χ1v) is 3.43. The van der Waals surface area contributed by atoms with E-state index in [1.165, 1.54) is 0 Å². The molecule has 0 aliphatic heterocycles. The van der Waals surface area contributed by atoms with E-state index >= 15 is 0 Å². The predicted octanol–water partition coefficient (Wildman–Crippen LogP) is 2.00. The van der Waals surface area contributed by atoms with Crippen molar-refractivity contribution in [1.82, 2.24) is 0 Å². The largest absolute Gasteiger partial charge is 0.247 e. The van der Waals surface area contributed by atoms with Crippen molar-refractivity contribution >= 4 is 0 Å². The Labute approximate surface area is 49.1 Å². The van der Waals surface area contributed by atoms with Gasteiger partial charge < -0.3 is 0 Å². The monoisotopic (exact) mass is 114 g/mol. The van der Waals surface area contributed by atoms with Gasteiger partial charge in [0.25, 0.3) is 0 Å². The maximum absolute atomic E-state index is 12.4. The van der Waals surface area contributed by atoms with Gasteiger partial charge in [-0.25, -0.2) is 4.39 Å². The van der Waals surface area contributed by atoms with Gasteiger partial charge in [0.2, 0.25) is 0 Å². The number of alkyl halides is 1.